The second kappa shape index (κ2) is 6.58. The van der Waals surface area contributed by atoms with E-state index in [-0.39, 0.29) is 0 Å². The van der Waals surface area contributed by atoms with Crippen molar-refractivity contribution in [1.29, 1.82) is 0 Å². The molecule has 2 aromatic carbocycles. The second-order valence-electron chi connectivity index (χ2n) is 5.13. The number of methoxy groups -OCH3 is 1. The number of hydrogen-bond donors (Lipinski definition) is 1. The molecule has 0 amide bonds. The predicted molar refractivity (Wildman–Crippen MR) is 85.3 cm³/mol. The van der Waals surface area contributed by atoms with Gasteiger partial charge in [-0.05, 0) is 49.2 Å². The number of ether oxygens (including phenoxy) is 1. The molecule has 0 atom stereocenters. The zero-order valence-corrected chi connectivity index (χ0v) is 12.8. The van der Waals surface area contributed by atoms with E-state index in [1.54, 1.807) is 7.11 Å². The van der Waals surface area contributed by atoms with Gasteiger partial charge in [0.15, 0.2) is 0 Å². The van der Waals surface area contributed by atoms with Gasteiger partial charge in [0.05, 0.1) is 7.11 Å². The van der Waals surface area contributed by atoms with Crippen LogP contribution in [-0.4, -0.2) is 13.7 Å². The third kappa shape index (κ3) is 3.20. The van der Waals surface area contributed by atoms with E-state index in [4.69, 9.17) is 4.74 Å². The fraction of sp³-hybridized carbons (Fsp3) is 0.333. The van der Waals surface area contributed by atoms with Crippen LogP contribution in [0.4, 0.5) is 0 Å². The lowest BCUT2D eigenvalue weighted by molar-refractivity contribution is 0.408. The molecule has 2 heteroatoms. The van der Waals surface area contributed by atoms with Crippen molar-refractivity contribution in [2.24, 2.45) is 0 Å². The van der Waals surface area contributed by atoms with Crippen LogP contribution in [-0.2, 0) is 6.54 Å². The highest BCUT2D eigenvalue weighted by molar-refractivity contribution is 5.69. The zero-order chi connectivity index (χ0) is 14.5. The molecule has 2 rings (SSSR count). The van der Waals surface area contributed by atoms with Gasteiger partial charge >= 0.3 is 0 Å². The molecule has 0 bridgehead atoms. The fourth-order valence-corrected chi connectivity index (χ4v) is 2.48. The van der Waals surface area contributed by atoms with Crippen LogP contribution in [0.2, 0.25) is 0 Å². The predicted octanol–water partition coefficient (Wildman–Crippen LogP) is 4.09. The van der Waals surface area contributed by atoms with Crippen molar-refractivity contribution in [1.82, 2.24) is 5.32 Å². The Morgan fingerprint density at radius 1 is 1.05 bits per heavy atom. The smallest absolute Gasteiger partial charge is 0.123 e. The Bertz CT molecular complexity index is 590. The normalized spacial score (nSPS) is 10.6. The highest BCUT2D eigenvalue weighted by Crippen LogP contribution is 2.29. The van der Waals surface area contributed by atoms with Gasteiger partial charge in [-0.15, -0.1) is 0 Å². The van der Waals surface area contributed by atoms with Crippen LogP contribution in [0.3, 0.4) is 0 Å². The van der Waals surface area contributed by atoms with Gasteiger partial charge in [0.2, 0.25) is 0 Å². The zero-order valence-electron chi connectivity index (χ0n) is 12.8. The summed E-state index contributed by atoms with van der Waals surface area (Å²) in [4.78, 5) is 0. The molecule has 0 fully saturated rings. The summed E-state index contributed by atoms with van der Waals surface area (Å²) in [6.07, 6.45) is 0. The third-order valence-electron chi connectivity index (χ3n) is 3.54. The van der Waals surface area contributed by atoms with Crippen LogP contribution >= 0.6 is 0 Å². The van der Waals surface area contributed by atoms with E-state index < -0.39 is 0 Å². The lowest BCUT2D eigenvalue weighted by atomic mass is 9.97. The van der Waals surface area contributed by atoms with Gasteiger partial charge in [-0.2, -0.15) is 0 Å². The quantitative estimate of drug-likeness (QED) is 0.882. The Kier molecular flexibility index (Phi) is 4.80. The lowest BCUT2D eigenvalue weighted by Crippen LogP contribution is -2.12. The molecule has 0 heterocycles. The fourth-order valence-electron chi connectivity index (χ4n) is 2.48. The van der Waals surface area contributed by atoms with Gasteiger partial charge in [0.25, 0.3) is 0 Å². The van der Waals surface area contributed by atoms with Crippen molar-refractivity contribution in [3.63, 3.8) is 0 Å². The van der Waals surface area contributed by atoms with E-state index in [0.717, 1.165) is 18.8 Å². The first-order valence-corrected chi connectivity index (χ1v) is 7.11. The highest BCUT2D eigenvalue weighted by Gasteiger charge is 2.07. The van der Waals surface area contributed by atoms with Crippen LogP contribution < -0.4 is 10.1 Å². The molecule has 0 radical (unpaired) electrons. The van der Waals surface area contributed by atoms with Crippen molar-refractivity contribution in [3.05, 3.63) is 53.1 Å². The summed E-state index contributed by atoms with van der Waals surface area (Å²) in [5.41, 5.74) is 6.34. The molecule has 0 saturated heterocycles. The summed E-state index contributed by atoms with van der Waals surface area (Å²) < 4.78 is 5.44. The van der Waals surface area contributed by atoms with Crippen molar-refractivity contribution >= 4 is 0 Å². The number of nitrogens with one attached hydrogen (secondary N) is 1. The summed E-state index contributed by atoms with van der Waals surface area (Å²) in [6, 6.07) is 13.0. The number of benzene rings is 2. The van der Waals surface area contributed by atoms with Crippen molar-refractivity contribution in [2.45, 2.75) is 27.3 Å². The molecule has 1 N–H and O–H groups in total. The number of rotatable bonds is 5. The van der Waals surface area contributed by atoms with Gasteiger partial charge in [-0.3, -0.25) is 0 Å². The van der Waals surface area contributed by atoms with E-state index in [2.05, 4.69) is 62.5 Å². The molecule has 106 valence electrons. The average molecular weight is 269 g/mol. The molecule has 0 aliphatic carbocycles. The minimum atomic E-state index is 0.832. The van der Waals surface area contributed by atoms with Gasteiger partial charge < -0.3 is 10.1 Å². The Morgan fingerprint density at radius 3 is 2.50 bits per heavy atom. The van der Waals surface area contributed by atoms with Crippen LogP contribution in [0, 0.1) is 13.8 Å². The largest absolute Gasteiger partial charge is 0.496 e. The average Bonchev–Trinajstić information content (AvgIpc) is 2.45. The third-order valence-corrected chi connectivity index (χ3v) is 3.54. The molecule has 0 aliphatic heterocycles. The van der Waals surface area contributed by atoms with Gasteiger partial charge in [0, 0.05) is 12.1 Å². The maximum absolute atomic E-state index is 5.44. The van der Waals surface area contributed by atoms with Gasteiger partial charge in [-0.25, -0.2) is 0 Å². The summed E-state index contributed by atoms with van der Waals surface area (Å²) in [7, 11) is 1.72. The van der Waals surface area contributed by atoms with Crippen molar-refractivity contribution in [3.8, 4) is 16.9 Å². The first-order valence-electron chi connectivity index (χ1n) is 7.11. The molecule has 0 saturated carbocycles. The Morgan fingerprint density at radius 2 is 1.85 bits per heavy atom. The summed E-state index contributed by atoms with van der Waals surface area (Å²) in [6.45, 7) is 8.19. The molecule has 2 aromatic rings. The minimum Gasteiger partial charge on any atom is -0.496 e. The molecule has 20 heavy (non-hydrogen) atoms. The highest BCUT2D eigenvalue weighted by atomic mass is 16.5. The lowest BCUT2D eigenvalue weighted by Gasteiger charge is -2.13. The van der Waals surface area contributed by atoms with E-state index in [0.29, 0.717) is 0 Å². The molecule has 0 aliphatic rings. The van der Waals surface area contributed by atoms with E-state index in [9.17, 15) is 0 Å². The second-order valence-corrected chi connectivity index (χ2v) is 5.13. The first kappa shape index (κ1) is 14.6. The van der Waals surface area contributed by atoms with E-state index in [1.165, 1.54) is 27.8 Å². The standard InChI is InChI=1S/C18H23NO/c1-5-19-12-16-11-15(7-9-18(16)20-4)17-8-6-13(2)10-14(17)3/h6-11,19H,5,12H2,1-4H3. The Hall–Kier alpha value is -1.80. The first-order chi connectivity index (χ1) is 9.65. The topological polar surface area (TPSA) is 21.3 Å². The summed E-state index contributed by atoms with van der Waals surface area (Å²) in [5.74, 6) is 0.944. The Balaban J connectivity index is 2.41. The van der Waals surface area contributed by atoms with Crippen molar-refractivity contribution in [2.75, 3.05) is 13.7 Å². The SMILES string of the molecule is CCNCc1cc(-c2ccc(C)cc2C)ccc1OC. The van der Waals surface area contributed by atoms with Crippen molar-refractivity contribution < 1.29 is 4.74 Å². The maximum atomic E-state index is 5.44. The van der Waals surface area contributed by atoms with E-state index in [1.807, 2.05) is 0 Å². The number of hydrogen-bond acceptors (Lipinski definition) is 2. The Labute approximate surface area is 121 Å². The maximum Gasteiger partial charge on any atom is 0.123 e. The van der Waals surface area contributed by atoms with Crippen LogP contribution in [0.15, 0.2) is 36.4 Å². The molecule has 0 unspecified atom stereocenters. The summed E-state index contributed by atoms with van der Waals surface area (Å²) in [5, 5.41) is 3.36. The molecular weight excluding hydrogens is 246 g/mol. The molecule has 0 aromatic heterocycles. The molecular formula is C18H23NO. The minimum absolute atomic E-state index is 0.832. The summed E-state index contributed by atoms with van der Waals surface area (Å²) >= 11 is 0. The van der Waals surface area contributed by atoms with Crippen LogP contribution in [0.1, 0.15) is 23.6 Å². The van der Waals surface area contributed by atoms with Crippen LogP contribution in [0.25, 0.3) is 11.1 Å². The van der Waals surface area contributed by atoms with Crippen LogP contribution in [0.5, 0.6) is 5.75 Å². The van der Waals surface area contributed by atoms with E-state index >= 15 is 0 Å². The monoisotopic (exact) mass is 269 g/mol. The van der Waals surface area contributed by atoms with Gasteiger partial charge in [-0.1, -0.05) is 36.8 Å². The number of aryl methyl sites for hydroxylation is 2. The molecule has 2 nitrogen and oxygen atoms in total. The van der Waals surface area contributed by atoms with Gasteiger partial charge in [0.1, 0.15) is 5.75 Å². The molecule has 0 spiro atoms.